The summed E-state index contributed by atoms with van der Waals surface area (Å²) in [5.41, 5.74) is -1.55. The van der Waals surface area contributed by atoms with Gasteiger partial charge in [0.25, 0.3) is 10.9 Å². The Morgan fingerprint density at radius 2 is 1.58 bits per heavy atom. The number of hydrogen-bond donors (Lipinski definition) is 8. The third-order valence-electron chi connectivity index (χ3n) is 6.27. The van der Waals surface area contributed by atoms with E-state index in [1.807, 2.05) is 0 Å². The van der Waals surface area contributed by atoms with Gasteiger partial charge in [-0.25, -0.2) is 0 Å². The van der Waals surface area contributed by atoms with Crippen LogP contribution in [0.1, 0.15) is 19.8 Å². The zero-order valence-corrected chi connectivity index (χ0v) is 20.4. The molecule has 16 heteroatoms. The van der Waals surface area contributed by atoms with Crippen LogP contribution in [0, 0.1) is 0 Å². The third kappa shape index (κ3) is 6.48. The molecule has 3 rings (SSSR count). The Labute approximate surface area is 215 Å². The van der Waals surface area contributed by atoms with E-state index in [2.05, 4.69) is 5.32 Å². The molecule has 2 fully saturated rings. The van der Waals surface area contributed by atoms with Crippen molar-refractivity contribution < 1.29 is 64.2 Å². The third-order valence-corrected chi connectivity index (χ3v) is 6.27. The Balaban J connectivity index is 1.67. The van der Waals surface area contributed by atoms with Gasteiger partial charge in [0.15, 0.2) is 18.3 Å². The lowest BCUT2D eigenvalue weighted by atomic mass is 9.95. The van der Waals surface area contributed by atoms with E-state index < -0.39 is 91.3 Å². The van der Waals surface area contributed by atoms with Gasteiger partial charge in [0.2, 0.25) is 0 Å². The highest BCUT2D eigenvalue weighted by Gasteiger charge is 2.50. The van der Waals surface area contributed by atoms with Crippen molar-refractivity contribution in [3.8, 4) is 5.75 Å². The molecule has 1 aromatic rings. The summed E-state index contributed by atoms with van der Waals surface area (Å²) in [6.45, 7) is 0.876. The minimum Gasteiger partial charge on any atom is -0.488 e. The second-order valence-corrected chi connectivity index (χ2v) is 8.85. The molecule has 0 radical (unpaired) electrons. The lowest BCUT2D eigenvalue weighted by molar-refractivity contribution is -0.365. The molecule has 8 N–H and O–H groups in total. The van der Waals surface area contributed by atoms with Crippen molar-refractivity contribution in [2.24, 2.45) is 0 Å². The van der Waals surface area contributed by atoms with Gasteiger partial charge in [-0.3, -0.25) is 14.4 Å². The average Bonchev–Trinajstić information content (AvgIpc) is 2.90. The monoisotopic (exact) mass is 551 g/mol. The number of carbonyl (C=O) groups is 1. The lowest BCUT2D eigenvalue weighted by Gasteiger charge is -2.46. The van der Waals surface area contributed by atoms with Crippen molar-refractivity contribution in [1.29, 1.82) is 0 Å². The molecule has 216 valence electrons. The molecule has 0 amide bonds. The number of aliphatic hydroxyl groups is 6. The molecule has 38 heavy (non-hydrogen) atoms. The molecule has 0 aromatic heterocycles. The van der Waals surface area contributed by atoms with Crippen LogP contribution in [0.3, 0.4) is 0 Å². The molecule has 0 saturated carbocycles. The van der Waals surface area contributed by atoms with Gasteiger partial charge in [-0.05, 0) is 13.3 Å². The van der Waals surface area contributed by atoms with E-state index in [0.29, 0.717) is 0 Å². The molecule has 10 atom stereocenters. The first kappa shape index (κ1) is 30.3. The van der Waals surface area contributed by atoms with Gasteiger partial charge in [-0.15, -0.1) is 0 Å². The van der Waals surface area contributed by atoms with Crippen molar-refractivity contribution in [1.82, 2.24) is 0 Å². The van der Waals surface area contributed by atoms with Crippen LogP contribution >= 0.6 is 0 Å². The number of aliphatic hydroxyl groups excluding tert-OH is 6. The van der Waals surface area contributed by atoms with E-state index in [1.54, 1.807) is 6.92 Å². The SMILES string of the molecule is CCOc1c(NCCO[C@H]2OC(CO)[C@@H](O)C(O)C2O[C@H]2OC(CCC(=O)O)[C@@H](O)C(O)C2O)c(=O)c1=O. The second-order valence-electron chi connectivity index (χ2n) is 8.85. The van der Waals surface area contributed by atoms with Crippen molar-refractivity contribution in [2.45, 2.75) is 81.2 Å². The summed E-state index contributed by atoms with van der Waals surface area (Å²) in [4.78, 5) is 34.2. The van der Waals surface area contributed by atoms with Crippen molar-refractivity contribution in [2.75, 3.05) is 31.7 Å². The van der Waals surface area contributed by atoms with E-state index in [1.165, 1.54) is 0 Å². The smallest absolute Gasteiger partial charge is 0.303 e. The van der Waals surface area contributed by atoms with Gasteiger partial charge in [0.1, 0.15) is 48.4 Å². The van der Waals surface area contributed by atoms with Crippen LogP contribution in [0.5, 0.6) is 5.75 Å². The zero-order valence-electron chi connectivity index (χ0n) is 20.4. The number of carboxylic acid groups (broad SMARTS) is 1. The molecule has 0 bridgehead atoms. The van der Waals surface area contributed by atoms with Gasteiger partial charge in [0.05, 0.1) is 25.9 Å². The molecule has 6 unspecified atom stereocenters. The lowest BCUT2D eigenvalue weighted by Crippen LogP contribution is -2.64. The quantitative estimate of drug-likeness (QED) is 0.0851. The van der Waals surface area contributed by atoms with Crippen molar-refractivity contribution >= 4 is 11.7 Å². The van der Waals surface area contributed by atoms with E-state index in [9.17, 15) is 45.0 Å². The number of aliphatic carboxylic acids is 1. The van der Waals surface area contributed by atoms with Crippen LogP contribution in [0.25, 0.3) is 0 Å². The van der Waals surface area contributed by atoms with Crippen LogP contribution in [-0.2, 0) is 23.7 Å². The van der Waals surface area contributed by atoms with Crippen molar-refractivity contribution in [3.63, 3.8) is 0 Å². The maximum atomic E-state index is 11.7. The molecule has 0 aliphatic carbocycles. The summed E-state index contributed by atoms with van der Waals surface area (Å²) in [5, 5.41) is 72.8. The maximum absolute atomic E-state index is 11.7. The predicted molar refractivity (Wildman–Crippen MR) is 123 cm³/mol. The number of anilines is 1. The standard InChI is InChI=1S/C22H33NO15/c1-2-34-19-11(14(29)17(19)32)23-5-6-35-22-20(16(31)13(28)9(7-24)37-22)38-21-18(33)15(30)12(27)8(36-21)3-4-10(25)26/h8-9,12-13,15-16,18,20-24,27-28,30-31,33H,2-7H2,1H3,(H,25,26)/t8?,9?,12-,13-,15?,16?,18?,20?,21-,22+/m1/s1. The Hall–Kier alpha value is -2.25. The largest absolute Gasteiger partial charge is 0.488 e. The van der Waals surface area contributed by atoms with Crippen LogP contribution in [-0.4, -0.2) is 129 Å². The van der Waals surface area contributed by atoms with E-state index in [0.717, 1.165) is 0 Å². The van der Waals surface area contributed by atoms with Gasteiger partial charge in [-0.1, -0.05) is 0 Å². The minimum atomic E-state index is -1.83. The van der Waals surface area contributed by atoms with Crippen molar-refractivity contribution in [3.05, 3.63) is 20.4 Å². The van der Waals surface area contributed by atoms with Gasteiger partial charge in [0, 0.05) is 13.0 Å². The Bertz CT molecular complexity index is 996. The van der Waals surface area contributed by atoms with Crippen LogP contribution in [0.4, 0.5) is 5.69 Å². The summed E-state index contributed by atoms with van der Waals surface area (Å²) in [7, 11) is 0. The molecule has 2 aliphatic rings. The summed E-state index contributed by atoms with van der Waals surface area (Å²) in [6, 6.07) is 0. The fraction of sp³-hybridized carbons (Fsp3) is 0.773. The molecule has 16 nitrogen and oxygen atoms in total. The van der Waals surface area contributed by atoms with E-state index in [4.69, 9.17) is 28.8 Å². The Kier molecular flexibility index (Phi) is 10.5. The van der Waals surface area contributed by atoms with Crippen LogP contribution < -0.4 is 20.9 Å². The summed E-state index contributed by atoms with van der Waals surface area (Å²) >= 11 is 0. The molecule has 1 aromatic carbocycles. The summed E-state index contributed by atoms with van der Waals surface area (Å²) in [5.74, 6) is -1.29. The number of hydrogen-bond acceptors (Lipinski definition) is 15. The molecule has 2 aliphatic heterocycles. The van der Waals surface area contributed by atoms with Crippen LogP contribution in [0.2, 0.25) is 0 Å². The molecular weight excluding hydrogens is 518 g/mol. The molecule has 2 saturated heterocycles. The number of ether oxygens (including phenoxy) is 5. The highest BCUT2D eigenvalue weighted by Crippen LogP contribution is 2.30. The number of carboxylic acids is 1. The first-order valence-corrected chi connectivity index (χ1v) is 12.0. The number of rotatable bonds is 13. The molecule has 0 spiro atoms. The fourth-order valence-corrected chi connectivity index (χ4v) is 4.19. The second kappa shape index (κ2) is 13.2. The Morgan fingerprint density at radius 1 is 0.921 bits per heavy atom. The summed E-state index contributed by atoms with van der Waals surface area (Å²) in [6.07, 6.45) is -16.5. The molecular formula is C22H33NO15. The normalized spacial score (nSPS) is 35.8. The minimum absolute atomic E-state index is 0.0276. The van der Waals surface area contributed by atoms with E-state index in [-0.39, 0.29) is 37.6 Å². The topological polar surface area (TPSA) is 251 Å². The first-order chi connectivity index (χ1) is 18.0. The average molecular weight is 551 g/mol. The number of nitrogens with one attached hydrogen (secondary N) is 1. The fourth-order valence-electron chi connectivity index (χ4n) is 4.19. The summed E-state index contributed by atoms with van der Waals surface area (Å²) < 4.78 is 27.2. The maximum Gasteiger partial charge on any atom is 0.303 e. The van der Waals surface area contributed by atoms with Gasteiger partial charge in [-0.2, -0.15) is 0 Å². The van der Waals surface area contributed by atoms with E-state index >= 15 is 0 Å². The predicted octanol–water partition coefficient (Wildman–Crippen LogP) is -4.39. The van der Waals surface area contributed by atoms with Crippen LogP contribution in [0.15, 0.2) is 9.59 Å². The highest BCUT2D eigenvalue weighted by atomic mass is 16.8. The first-order valence-electron chi connectivity index (χ1n) is 12.0. The Morgan fingerprint density at radius 3 is 2.21 bits per heavy atom. The zero-order chi connectivity index (χ0) is 28.1. The van der Waals surface area contributed by atoms with Gasteiger partial charge < -0.3 is 64.7 Å². The highest BCUT2D eigenvalue weighted by molar-refractivity contribution is 5.66. The molecule has 2 heterocycles. The van der Waals surface area contributed by atoms with Gasteiger partial charge >= 0.3 is 5.97 Å².